The molecule has 1 saturated heterocycles. The average Bonchev–Trinajstić information content (AvgIpc) is 2.98. The molecule has 108 valence electrons. The van der Waals surface area contributed by atoms with E-state index in [4.69, 9.17) is 5.26 Å². The summed E-state index contributed by atoms with van der Waals surface area (Å²) in [6.45, 7) is 6.62. The van der Waals surface area contributed by atoms with Gasteiger partial charge in [0.1, 0.15) is 0 Å². The third kappa shape index (κ3) is 4.63. The second kappa shape index (κ2) is 8.04. The highest BCUT2D eigenvalue weighted by Crippen LogP contribution is 2.12. The zero-order chi connectivity index (χ0) is 14.2. The van der Waals surface area contributed by atoms with E-state index in [1.54, 1.807) is 0 Å². The highest BCUT2D eigenvalue weighted by atomic mass is 15.1. The molecule has 0 amide bonds. The van der Waals surface area contributed by atoms with E-state index in [0.717, 1.165) is 31.7 Å². The van der Waals surface area contributed by atoms with Crippen LogP contribution in [0.3, 0.4) is 0 Å². The summed E-state index contributed by atoms with van der Waals surface area (Å²) >= 11 is 0. The number of hydrogen-bond acceptors (Lipinski definition) is 3. The first-order valence-electron chi connectivity index (χ1n) is 7.76. The Labute approximate surface area is 122 Å². The summed E-state index contributed by atoms with van der Waals surface area (Å²) in [4.78, 5) is 2.53. The lowest BCUT2D eigenvalue weighted by molar-refractivity contribution is 0.237. The molecule has 1 atom stereocenters. The van der Waals surface area contributed by atoms with Crippen LogP contribution in [0.15, 0.2) is 24.3 Å². The Morgan fingerprint density at radius 3 is 3.05 bits per heavy atom. The van der Waals surface area contributed by atoms with Crippen molar-refractivity contribution >= 4 is 0 Å². The van der Waals surface area contributed by atoms with Crippen LogP contribution >= 0.6 is 0 Å². The number of nitrogens with one attached hydrogen (secondary N) is 1. The highest BCUT2D eigenvalue weighted by Gasteiger charge is 2.17. The van der Waals surface area contributed by atoms with Gasteiger partial charge in [-0.05, 0) is 50.0 Å². The summed E-state index contributed by atoms with van der Waals surface area (Å²) in [5.41, 5.74) is 2.01. The van der Waals surface area contributed by atoms with Crippen LogP contribution in [0.4, 0.5) is 0 Å². The fraction of sp³-hybridized carbons (Fsp3) is 0.588. The third-order valence-corrected chi connectivity index (χ3v) is 3.93. The highest BCUT2D eigenvalue weighted by molar-refractivity contribution is 5.32. The molecule has 1 N–H and O–H groups in total. The molecule has 0 spiro atoms. The van der Waals surface area contributed by atoms with Crippen LogP contribution in [0, 0.1) is 11.3 Å². The van der Waals surface area contributed by atoms with Crippen LogP contribution in [0.2, 0.25) is 0 Å². The Balaban J connectivity index is 1.96. The van der Waals surface area contributed by atoms with Gasteiger partial charge in [0.25, 0.3) is 0 Å². The first kappa shape index (κ1) is 15.0. The van der Waals surface area contributed by atoms with Crippen molar-refractivity contribution in [3.8, 4) is 6.07 Å². The monoisotopic (exact) mass is 271 g/mol. The Morgan fingerprint density at radius 2 is 2.35 bits per heavy atom. The summed E-state index contributed by atoms with van der Waals surface area (Å²) in [6, 6.07) is 10.9. The molecule has 0 aromatic heterocycles. The molecule has 1 fully saturated rings. The summed E-state index contributed by atoms with van der Waals surface area (Å²) in [5.74, 6) is 0. The van der Waals surface area contributed by atoms with E-state index < -0.39 is 0 Å². The number of nitrogens with zero attached hydrogens (tertiary/aromatic N) is 2. The van der Waals surface area contributed by atoms with Crippen molar-refractivity contribution in [2.75, 3.05) is 19.6 Å². The molecular weight excluding hydrogens is 246 g/mol. The Hall–Kier alpha value is -1.37. The maximum atomic E-state index is 8.99. The molecule has 3 nitrogen and oxygen atoms in total. The second-order valence-corrected chi connectivity index (χ2v) is 5.69. The van der Waals surface area contributed by atoms with E-state index in [0.29, 0.717) is 6.04 Å². The minimum absolute atomic E-state index is 0.644. The van der Waals surface area contributed by atoms with Gasteiger partial charge in [0.15, 0.2) is 0 Å². The minimum Gasteiger partial charge on any atom is -0.313 e. The van der Waals surface area contributed by atoms with Crippen molar-refractivity contribution in [3.05, 3.63) is 35.4 Å². The number of rotatable bonds is 7. The molecule has 2 rings (SSSR count). The number of benzene rings is 1. The van der Waals surface area contributed by atoms with Gasteiger partial charge >= 0.3 is 0 Å². The lowest BCUT2D eigenvalue weighted by Crippen LogP contribution is -2.37. The molecule has 3 heteroatoms. The van der Waals surface area contributed by atoms with Crippen molar-refractivity contribution in [1.29, 1.82) is 5.26 Å². The molecule has 1 aliphatic heterocycles. The van der Waals surface area contributed by atoms with E-state index in [1.165, 1.54) is 31.2 Å². The van der Waals surface area contributed by atoms with Gasteiger partial charge in [-0.3, -0.25) is 4.90 Å². The Morgan fingerprint density at radius 1 is 1.45 bits per heavy atom. The van der Waals surface area contributed by atoms with E-state index in [1.807, 2.05) is 18.2 Å². The fourth-order valence-electron chi connectivity index (χ4n) is 2.84. The summed E-state index contributed by atoms with van der Waals surface area (Å²) in [5, 5.41) is 12.6. The van der Waals surface area contributed by atoms with Crippen LogP contribution in [0.5, 0.6) is 0 Å². The number of unbranched alkanes of at least 4 members (excludes halogenated alkanes) is 1. The maximum absolute atomic E-state index is 8.99. The van der Waals surface area contributed by atoms with E-state index >= 15 is 0 Å². The SMILES string of the molecule is CCCCN(Cc1cccc(C#N)c1)CC1CCCN1. The van der Waals surface area contributed by atoms with Crippen molar-refractivity contribution in [1.82, 2.24) is 10.2 Å². The first-order chi connectivity index (χ1) is 9.81. The second-order valence-electron chi connectivity index (χ2n) is 5.69. The van der Waals surface area contributed by atoms with E-state index in [2.05, 4.69) is 29.3 Å². The van der Waals surface area contributed by atoms with E-state index in [9.17, 15) is 0 Å². The van der Waals surface area contributed by atoms with E-state index in [-0.39, 0.29) is 0 Å². The fourth-order valence-corrected chi connectivity index (χ4v) is 2.84. The summed E-state index contributed by atoms with van der Waals surface area (Å²) in [6.07, 6.45) is 5.06. The molecule has 1 aromatic rings. The summed E-state index contributed by atoms with van der Waals surface area (Å²) < 4.78 is 0. The van der Waals surface area contributed by atoms with Gasteiger partial charge in [-0.1, -0.05) is 25.5 Å². The third-order valence-electron chi connectivity index (χ3n) is 3.93. The zero-order valence-electron chi connectivity index (χ0n) is 12.4. The van der Waals surface area contributed by atoms with Gasteiger partial charge in [0.05, 0.1) is 11.6 Å². The standard InChI is InChI=1S/C17H25N3/c1-2-3-10-20(14-17-8-5-9-19-17)13-16-7-4-6-15(11-16)12-18/h4,6-7,11,17,19H,2-3,5,8-10,13-14H2,1H3. The van der Waals surface area contributed by atoms with Crippen LogP contribution in [-0.4, -0.2) is 30.6 Å². The Bertz CT molecular complexity index is 444. The quantitative estimate of drug-likeness (QED) is 0.829. The molecule has 0 bridgehead atoms. The molecule has 1 aromatic carbocycles. The van der Waals surface area contributed by atoms with Crippen LogP contribution in [-0.2, 0) is 6.54 Å². The minimum atomic E-state index is 0.644. The molecule has 0 saturated carbocycles. The topological polar surface area (TPSA) is 39.1 Å². The van der Waals surface area contributed by atoms with Crippen LogP contribution in [0.25, 0.3) is 0 Å². The van der Waals surface area contributed by atoms with Crippen molar-refractivity contribution in [2.24, 2.45) is 0 Å². The molecule has 1 aliphatic rings. The Kier molecular flexibility index (Phi) is 6.04. The van der Waals surface area contributed by atoms with Gasteiger partial charge in [0.2, 0.25) is 0 Å². The van der Waals surface area contributed by atoms with Gasteiger partial charge in [-0.2, -0.15) is 5.26 Å². The lowest BCUT2D eigenvalue weighted by Gasteiger charge is -2.25. The van der Waals surface area contributed by atoms with Crippen molar-refractivity contribution in [2.45, 2.75) is 45.2 Å². The van der Waals surface area contributed by atoms with Crippen LogP contribution < -0.4 is 5.32 Å². The van der Waals surface area contributed by atoms with Gasteiger partial charge < -0.3 is 5.32 Å². The smallest absolute Gasteiger partial charge is 0.0991 e. The summed E-state index contributed by atoms with van der Waals surface area (Å²) in [7, 11) is 0. The normalized spacial score (nSPS) is 18.4. The van der Waals surface area contributed by atoms with Gasteiger partial charge in [-0.15, -0.1) is 0 Å². The molecule has 20 heavy (non-hydrogen) atoms. The largest absolute Gasteiger partial charge is 0.313 e. The van der Waals surface area contributed by atoms with Gasteiger partial charge in [0, 0.05) is 19.1 Å². The maximum Gasteiger partial charge on any atom is 0.0991 e. The zero-order valence-corrected chi connectivity index (χ0v) is 12.4. The van der Waals surface area contributed by atoms with Gasteiger partial charge in [-0.25, -0.2) is 0 Å². The molecular formula is C17H25N3. The number of hydrogen-bond donors (Lipinski definition) is 1. The molecule has 0 radical (unpaired) electrons. The molecule has 1 unspecified atom stereocenters. The van der Waals surface area contributed by atoms with Crippen LogP contribution in [0.1, 0.15) is 43.7 Å². The first-order valence-corrected chi connectivity index (χ1v) is 7.76. The molecule has 1 heterocycles. The average molecular weight is 271 g/mol. The molecule has 0 aliphatic carbocycles. The predicted octanol–water partition coefficient (Wildman–Crippen LogP) is 2.91. The van der Waals surface area contributed by atoms with Crippen molar-refractivity contribution < 1.29 is 0 Å². The lowest BCUT2D eigenvalue weighted by atomic mass is 10.1. The predicted molar refractivity (Wildman–Crippen MR) is 82.4 cm³/mol. The van der Waals surface area contributed by atoms with Crippen molar-refractivity contribution in [3.63, 3.8) is 0 Å². The number of nitriles is 1.